The molecule has 6 heteroatoms. The summed E-state index contributed by atoms with van der Waals surface area (Å²) in [5.41, 5.74) is 6.06. The molecule has 1 rings (SSSR count). The summed E-state index contributed by atoms with van der Waals surface area (Å²) in [7, 11) is 1.26. The molecule has 0 bridgehead atoms. The maximum atomic E-state index is 11.8. The van der Waals surface area contributed by atoms with E-state index in [-0.39, 0.29) is 0 Å². The molecule has 0 radical (unpaired) electrons. The maximum absolute atomic E-state index is 11.8. The van der Waals surface area contributed by atoms with Gasteiger partial charge in [0, 0.05) is 11.3 Å². The van der Waals surface area contributed by atoms with Crippen LogP contribution in [0.25, 0.3) is 0 Å². The van der Waals surface area contributed by atoms with Gasteiger partial charge in [0.1, 0.15) is 11.6 Å². The van der Waals surface area contributed by atoms with Crippen LogP contribution in [-0.2, 0) is 14.3 Å². The van der Waals surface area contributed by atoms with Crippen molar-refractivity contribution in [1.29, 1.82) is 0 Å². The van der Waals surface area contributed by atoms with E-state index in [0.717, 1.165) is 0 Å². The normalized spacial score (nSPS) is 12.4. The number of benzene rings is 1. The minimum absolute atomic E-state index is 0.416. The van der Waals surface area contributed by atoms with Gasteiger partial charge in [-0.2, -0.15) is 0 Å². The summed E-state index contributed by atoms with van der Waals surface area (Å²) in [6.45, 7) is 5.29. The molecule has 3 N–H and O–H groups in total. The van der Waals surface area contributed by atoms with Crippen LogP contribution in [0.15, 0.2) is 24.3 Å². The number of anilines is 1. The molecule has 0 aromatic heterocycles. The number of hydrogen-bond acceptors (Lipinski definition) is 5. The fourth-order valence-corrected chi connectivity index (χ4v) is 1.55. The zero-order valence-corrected chi connectivity index (χ0v) is 12.1. The number of carbonyl (C=O) groups excluding carboxylic acids is 2. The summed E-state index contributed by atoms with van der Waals surface area (Å²) >= 11 is 0. The highest BCUT2D eigenvalue weighted by Crippen LogP contribution is 2.22. The third kappa shape index (κ3) is 4.55. The van der Waals surface area contributed by atoms with Gasteiger partial charge < -0.3 is 15.2 Å². The third-order valence-corrected chi connectivity index (χ3v) is 2.39. The van der Waals surface area contributed by atoms with Crippen molar-refractivity contribution < 1.29 is 19.1 Å². The van der Waals surface area contributed by atoms with E-state index in [9.17, 15) is 9.59 Å². The minimum atomic E-state index is -0.967. The first-order valence-corrected chi connectivity index (χ1v) is 6.17. The number of carbonyl (C=O) groups is 2. The van der Waals surface area contributed by atoms with E-state index in [1.54, 1.807) is 45.0 Å². The molecule has 1 aromatic rings. The van der Waals surface area contributed by atoms with Crippen LogP contribution in [-0.4, -0.2) is 24.8 Å². The molecule has 0 heterocycles. The molecular weight excluding hydrogens is 260 g/mol. The summed E-state index contributed by atoms with van der Waals surface area (Å²) in [5.74, 6) is -0.580. The number of amides is 1. The molecule has 1 aromatic carbocycles. The van der Waals surface area contributed by atoms with Crippen molar-refractivity contribution >= 4 is 17.7 Å². The lowest BCUT2D eigenvalue weighted by Crippen LogP contribution is -2.29. The molecular formula is C14H20N2O4. The number of ether oxygens (including phenoxy) is 2. The molecule has 0 aliphatic carbocycles. The molecule has 20 heavy (non-hydrogen) atoms. The Morgan fingerprint density at radius 2 is 1.85 bits per heavy atom. The van der Waals surface area contributed by atoms with E-state index in [4.69, 9.17) is 10.5 Å². The summed E-state index contributed by atoms with van der Waals surface area (Å²) in [6.07, 6.45) is -0.609. The Balaban J connectivity index is 2.91. The fraction of sp³-hybridized carbons (Fsp3) is 0.429. The number of nitrogens with one attached hydrogen (secondary N) is 1. The minimum Gasteiger partial charge on any atom is -0.468 e. The van der Waals surface area contributed by atoms with E-state index in [2.05, 4.69) is 10.1 Å². The number of esters is 1. The second kappa shape index (κ2) is 6.38. The van der Waals surface area contributed by atoms with Crippen LogP contribution in [0.5, 0.6) is 0 Å². The average molecular weight is 280 g/mol. The van der Waals surface area contributed by atoms with Gasteiger partial charge >= 0.3 is 12.1 Å². The van der Waals surface area contributed by atoms with Gasteiger partial charge in [-0.15, -0.1) is 0 Å². The van der Waals surface area contributed by atoms with Crippen molar-refractivity contribution in [2.24, 2.45) is 5.73 Å². The first kappa shape index (κ1) is 16.0. The van der Waals surface area contributed by atoms with Gasteiger partial charge in [-0.1, -0.05) is 18.2 Å². The van der Waals surface area contributed by atoms with Crippen molar-refractivity contribution in [3.63, 3.8) is 0 Å². The molecule has 1 unspecified atom stereocenters. The topological polar surface area (TPSA) is 90.6 Å². The Morgan fingerprint density at radius 1 is 1.25 bits per heavy atom. The van der Waals surface area contributed by atoms with Gasteiger partial charge in [0.15, 0.2) is 0 Å². The number of nitrogens with two attached hydrogens (primary N) is 1. The van der Waals surface area contributed by atoms with Gasteiger partial charge in [-0.3, -0.25) is 10.1 Å². The molecule has 110 valence electrons. The van der Waals surface area contributed by atoms with Gasteiger partial charge in [0.25, 0.3) is 0 Å². The highest BCUT2D eigenvalue weighted by molar-refractivity contribution is 5.88. The van der Waals surface area contributed by atoms with Crippen molar-refractivity contribution in [2.75, 3.05) is 12.4 Å². The first-order valence-electron chi connectivity index (χ1n) is 6.17. The Hall–Kier alpha value is -2.08. The number of hydrogen-bond donors (Lipinski definition) is 2. The zero-order chi connectivity index (χ0) is 15.3. The number of rotatable bonds is 3. The maximum Gasteiger partial charge on any atom is 0.412 e. The Labute approximate surface area is 118 Å². The van der Waals surface area contributed by atoms with Crippen LogP contribution in [0, 0.1) is 0 Å². The van der Waals surface area contributed by atoms with E-state index in [0.29, 0.717) is 11.3 Å². The van der Waals surface area contributed by atoms with Crippen molar-refractivity contribution in [2.45, 2.75) is 32.4 Å². The van der Waals surface area contributed by atoms with E-state index in [1.807, 2.05) is 0 Å². The van der Waals surface area contributed by atoms with Crippen LogP contribution in [0.1, 0.15) is 32.4 Å². The highest BCUT2D eigenvalue weighted by Gasteiger charge is 2.22. The van der Waals surface area contributed by atoms with Gasteiger partial charge in [0.2, 0.25) is 0 Å². The van der Waals surface area contributed by atoms with Crippen LogP contribution >= 0.6 is 0 Å². The van der Waals surface area contributed by atoms with Crippen molar-refractivity contribution in [3.8, 4) is 0 Å². The second-order valence-electron chi connectivity index (χ2n) is 5.21. The van der Waals surface area contributed by atoms with Crippen molar-refractivity contribution in [3.05, 3.63) is 29.8 Å². The third-order valence-electron chi connectivity index (χ3n) is 2.39. The van der Waals surface area contributed by atoms with Gasteiger partial charge in [-0.25, -0.2) is 4.79 Å². The monoisotopic (exact) mass is 280 g/mol. The van der Waals surface area contributed by atoms with Crippen molar-refractivity contribution in [1.82, 2.24) is 0 Å². The lowest BCUT2D eigenvalue weighted by molar-refractivity contribution is -0.142. The average Bonchev–Trinajstić information content (AvgIpc) is 2.35. The standard InChI is InChI=1S/C14H20N2O4/c1-14(2,3)20-13(18)16-10-8-6-5-7-9(10)11(15)12(17)19-4/h5-8,11H,15H2,1-4H3,(H,16,18). The van der Waals surface area contributed by atoms with E-state index in [1.165, 1.54) is 7.11 Å². The van der Waals surface area contributed by atoms with Gasteiger partial charge in [-0.05, 0) is 26.8 Å². The molecule has 1 atom stereocenters. The zero-order valence-electron chi connectivity index (χ0n) is 12.1. The van der Waals surface area contributed by atoms with Crippen LogP contribution in [0.4, 0.5) is 10.5 Å². The lowest BCUT2D eigenvalue weighted by atomic mass is 10.1. The number of methoxy groups -OCH3 is 1. The highest BCUT2D eigenvalue weighted by atomic mass is 16.6. The quantitative estimate of drug-likeness (QED) is 0.828. The molecule has 0 saturated carbocycles. The van der Waals surface area contributed by atoms with Crippen LogP contribution in [0.3, 0.4) is 0 Å². The summed E-state index contributed by atoms with van der Waals surface area (Å²) in [5, 5.41) is 2.58. The number of para-hydroxylation sites is 1. The predicted molar refractivity (Wildman–Crippen MR) is 75.2 cm³/mol. The molecule has 0 fully saturated rings. The van der Waals surface area contributed by atoms with E-state index < -0.39 is 23.7 Å². The van der Waals surface area contributed by atoms with Crippen LogP contribution < -0.4 is 11.1 Å². The Morgan fingerprint density at radius 3 is 2.40 bits per heavy atom. The summed E-state index contributed by atoms with van der Waals surface area (Å²) < 4.78 is 9.76. The Bertz CT molecular complexity index is 494. The fourth-order valence-electron chi connectivity index (χ4n) is 1.55. The molecule has 0 aliphatic heterocycles. The molecule has 0 spiro atoms. The van der Waals surface area contributed by atoms with E-state index >= 15 is 0 Å². The SMILES string of the molecule is COC(=O)C(N)c1ccccc1NC(=O)OC(C)(C)C. The largest absolute Gasteiger partial charge is 0.468 e. The van der Waals surface area contributed by atoms with Gasteiger partial charge in [0.05, 0.1) is 7.11 Å². The smallest absolute Gasteiger partial charge is 0.412 e. The molecule has 6 nitrogen and oxygen atoms in total. The van der Waals surface area contributed by atoms with Crippen LogP contribution in [0.2, 0.25) is 0 Å². The second-order valence-corrected chi connectivity index (χ2v) is 5.21. The summed E-state index contributed by atoms with van der Waals surface area (Å²) in [6, 6.07) is 5.76. The first-order chi connectivity index (χ1) is 9.24. The lowest BCUT2D eigenvalue weighted by Gasteiger charge is -2.21. The predicted octanol–water partition coefficient (Wildman–Crippen LogP) is 2.21. The molecule has 0 aliphatic rings. The Kier molecular flexibility index (Phi) is 5.10. The molecule has 1 amide bonds. The molecule has 0 saturated heterocycles. The summed E-state index contributed by atoms with van der Waals surface area (Å²) in [4.78, 5) is 23.2.